The molecule has 5 nitrogen and oxygen atoms in total. The highest BCUT2D eigenvalue weighted by Crippen LogP contribution is 2.38. The molecule has 3 N–H and O–H groups in total. The van der Waals surface area contributed by atoms with Gasteiger partial charge >= 0.3 is 0 Å². The molecule has 22 heavy (non-hydrogen) atoms. The summed E-state index contributed by atoms with van der Waals surface area (Å²) >= 11 is 6.20. The van der Waals surface area contributed by atoms with Gasteiger partial charge in [-0.3, -0.25) is 4.79 Å². The van der Waals surface area contributed by atoms with Gasteiger partial charge in [0.1, 0.15) is 13.2 Å². The maximum atomic E-state index is 11.4. The molecule has 0 atom stereocenters. The third-order valence-electron chi connectivity index (χ3n) is 3.33. The van der Waals surface area contributed by atoms with Crippen LogP contribution < -0.4 is 20.5 Å². The van der Waals surface area contributed by atoms with Gasteiger partial charge in [0.15, 0.2) is 11.5 Å². The molecule has 0 spiro atoms. The molecule has 114 valence electrons. The number of amides is 1. The van der Waals surface area contributed by atoms with E-state index in [2.05, 4.69) is 5.32 Å². The number of para-hydroxylation sites is 1. The van der Waals surface area contributed by atoms with Crippen molar-refractivity contribution in [1.82, 2.24) is 0 Å². The number of fused-ring (bicyclic) bond motifs is 1. The quantitative estimate of drug-likeness (QED) is 0.909. The number of hydrogen-bond donors (Lipinski definition) is 2. The van der Waals surface area contributed by atoms with Crippen LogP contribution in [0.15, 0.2) is 36.4 Å². The van der Waals surface area contributed by atoms with E-state index in [0.717, 1.165) is 5.56 Å². The number of nitrogens with one attached hydrogen (secondary N) is 1. The number of benzene rings is 2. The number of ether oxygens (including phenoxy) is 2. The van der Waals surface area contributed by atoms with Gasteiger partial charge in [-0.2, -0.15) is 0 Å². The first kappa shape index (κ1) is 14.5. The summed E-state index contributed by atoms with van der Waals surface area (Å²) in [5.74, 6) is 0.747. The molecule has 0 radical (unpaired) electrons. The van der Waals surface area contributed by atoms with Crippen LogP contribution in [0.3, 0.4) is 0 Å². The fourth-order valence-corrected chi connectivity index (χ4v) is 2.60. The fourth-order valence-electron chi connectivity index (χ4n) is 2.32. The van der Waals surface area contributed by atoms with Gasteiger partial charge in [-0.05, 0) is 29.8 Å². The van der Waals surface area contributed by atoms with Crippen molar-refractivity contribution in [2.45, 2.75) is 6.54 Å². The summed E-state index contributed by atoms with van der Waals surface area (Å²) in [6.07, 6.45) is 0. The number of primary amides is 1. The van der Waals surface area contributed by atoms with Crippen LogP contribution in [0.25, 0.3) is 0 Å². The Morgan fingerprint density at radius 3 is 2.82 bits per heavy atom. The number of rotatable bonds is 4. The van der Waals surface area contributed by atoms with Gasteiger partial charge in [0.2, 0.25) is 0 Å². The Hall–Kier alpha value is -2.40. The molecule has 3 rings (SSSR count). The molecule has 2 aromatic carbocycles. The molecule has 0 aromatic heterocycles. The van der Waals surface area contributed by atoms with E-state index < -0.39 is 5.91 Å². The third-order valence-corrected chi connectivity index (χ3v) is 3.61. The largest absolute Gasteiger partial charge is 0.486 e. The van der Waals surface area contributed by atoms with E-state index in [1.54, 1.807) is 18.2 Å². The van der Waals surface area contributed by atoms with Gasteiger partial charge in [-0.1, -0.05) is 23.7 Å². The highest BCUT2D eigenvalue weighted by atomic mass is 35.5. The summed E-state index contributed by atoms with van der Waals surface area (Å²) in [4.78, 5) is 11.4. The predicted molar refractivity (Wildman–Crippen MR) is 84.7 cm³/mol. The van der Waals surface area contributed by atoms with E-state index in [9.17, 15) is 4.79 Å². The summed E-state index contributed by atoms with van der Waals surface area (Å²) < 4.78 is 11.0. The van der Waals surface area contributed by atoms with E-state index in [1.807, 2.05) is 18.2 Å². The minimum absolute atomic E-state index is 0.450. The molecule has 0 saturated heterocycles. The molecule has 1 aliphatic heterocycles. The van der Waals surface area contributed by atoms with Crippen LogP contribution in [0.4, 0.5) is 5.69 Å². The minimum Gasteiger partial charge on any atom is -0.486 e. The van der Waals surface area contributed by atoms with E-state index in [-0.39, 0.29) is 0 Å². The summed E-state index contributed by atoms with van der Waals surface area (Å²) in [5.41, 5.74) is 7.42. The summed E-state index contributed by atoms with van der Waals surface area (Å²) in [7, 11) is 0. The van der Waals surface area contributed by atoms with Crippen molar-refractivity contribution in [3.63, 3.8) is 0 Å². The second-order valence-electron chi connectivity index (χ2n) is 4.87. The van der Waals surface area contributed by atoms with Crippen molar-refractivity contribution in [1.29, 1.82) is 0 Å². The zero-order valence-corrected chi connectivity index (χ0v) is 12.5. The zero-order valence-electron chi connectivity index (χ0n) is 11.8. The molecule has 0 bridgehead atoms. The van der Waals surface area contributed by atoms with Gasteiger partial charge in [-0.25, -0.2) is 0 Å². The first-order chi connectivity index (χ1) is 10.6. The molecule has 0 saturated carbocycles. The Morgan fingerprint density at radius 1 is 1.23 bits per heavy atom. The van der Waals surface area contributed by atoms with Crippen LogP contribution in [0.5, 0.6) is 11.5 Å². The molecule has 0 aliphatic carbocycles. The van der Waals surface area contributed by atoms with Crippen LogP contribution in [-0.4, -0.2) is 19.1 Å². The Morgan fingerprint density at radius 2 is 2.00 bits per heavy atom. The molecule has 1 aliphatic rings. The predicted octanol–water partition coefficient (Wildman–Crippen LogP) is 2.82. The number of hydrogen-bond acceptors (Lipinski definition) is 4. The lowest BCUT2D eigenvalue weighted by atomic mass is 10.1. The lowest BCUT2D eigenvalue weighted by Gasteiger charge is -2.20. The first-order valence-electron chi connectivity index (χ1n) is 6.86. The minimum atomic E-state index is -0.469. The molecular weight excluding hydrogens is 304 g/mol. The van der Waals surface area contributed by atoms with Crippen molar-refractivity contribution >= 4 is 23.2 Å². The van der Waals surface area contributed by atoms with Crippen LogP contribution in [0.2, 0.25) is 5.02 Å². The number of halogens is 1. The molecule has 6 heteroatoms. The monoisotopic (exact) mass is 318 g/mol. The topological polar surface area (TPSA) is 73.6 Å². The van der Waals surface area contributed by atoms with Crippen molar-refractivity contribution in [2.24, 2.45) is 5.73 Å². The Kier molecular flexibility index (Phi) is 4.06. The summed E-state index contributed by atoms with van der Waals surface area (Å²) in [6, 6.07) is 10.8. The third kappa shape index (κ3) is 2.94. The van der Waals surface area contributed by atoms with Crippen molar-refractivity contribution in [3.05, 3.63) is 52.5 Å². The van der Waals surface area contributed by atoms with Crippen LogP contribution >= 0.6 is 11.6 Å². The number of nitrogens with two attached hydrogens (primary N) is 1. The lowest BCUT2D eigenvalue weighted by molar-refractivity contribution is 0.100. The Balaban J connectivity index is 1.80. The zero-order chi connectivity index (χ0) is 15.5. The van der Waals surface area contributed by atoms with Crippen LogP contribution in [-0.2, 0) is 6.54 Å². The number of carbonyl (C=O) groups is 1. The van der Waals surface area contributed by atoms with Crippen LogP contribution in [0, 0.1) is 0 Å². The van der Waals surface area contributed by atoms with E-state index >= 15 is 0 Å². The standard InChI is InChI=1S/C16H15ClN2O3/c17-12-7-10(8-14-15(12)22-6-5-21-14)9-19-13-4-2-1-3-11(13)16(18)20/h1-4,7-8,19H,5-6,9H2,(H2,18,20). The van der Waals surface area contributed by atoms with Crippen molar-refractivity contribution in [2.75, 3.05) is 18.5 Å². The molecule has 0 fully saturated rings. The fraction of sp³-hybridized carbons (Fsp3) is 0.188. The lowest BCUT2D eigenvalue weighted by Crippen LogP contribution is -2.16. The highest BCUT2D eigenvalue weighted by molar-refractivity contribution is 6.32. The summed E-state index contributed by atoms with van der Waals surface area (Å²) in [5, 5.41) is 3.70. The molecule has 1 heterocycles. The average Bonchev–Trinajstić information content (AvgIpc) is 2.53. The Labute approximate surface area is 133 Å². The summed E-state index contributed by atoms with van der Waals surface area (Å²) in [6.45, 7) is 1.49. The normalized spacial score (nSPS) is 12.8. The second-order valence-corrected chi connectivity index (χ2v) is 5.27. The SMILES string of the molecule is NC(=O)c1ccccc1NCc1cc(Cl)c2c(c1)OCCO2. The average molecular weight is 319 g/mol. The first-order valence-corrected chi connectivity index (χ1v) is 7.23. The van der Waals surface area contributed by atoms with Crippen LogP contribution in [0.1, 0.15) is 15.9 Å². The molecule has 1 amide bonds. The van der Waals surface area contributed by atoms with Gasteiger partial charge in [-0.15, -0.1) is 0 Å². The van der Waals surface area contributed by atoms with Gasteiger partial charge in [0.05, 0.1) is 10.6 Å². The smallest absolute Gasteiger partial charge is 0.250 e. The van der Waals surface area contributed by atoms with Gasteiger partial charge in [0.25, 0.3) is 5.91 Å². The van der Waals surface area contributed by atoms with Crippen molar-refractivity contribution in [3.8, 4) is 11.5 Å². The second kappa shape index (κ2) is 6.15. The number of anilines is 1. The number of carbonyl (C=O) groups excluding carboxylic acids is 1. The van der Waals surface area contributed by atoms with Gasteiger partial charge in [0, 0.05) is 12.2 Å². The molecule has 2 aromatic rings. The maximum Gasteiger partial charge on any atom is 0.250 e. The Bertz CT molecular complexity index is 719. The van der Waals surface area contributed by atoms with Gasteiger partial charge < -0.3 is 20.5 Å². The molecule has 0 unspecified atom stereocenters. The van der Waals surface area contributed by atoms with Crippen molar-refractivity contribution < 1.29 is 14.3 Å². The van der Waals surface area contributed by atoms with E-state index in [4.69, 9.17) is 26.8 Å². The molecular formula is C16H15ClN2O3. The highest BCUT2D eigenvalue weighted by Gasteiger charge is 2.16. The maximum absolute atomic E-state index is 11.4. The van der Waals surface area contributed by atoms with E-state index in [1.165, 1.54) is 0 Å². The van der Waals surface area contributed by atoms with E-state index in [0.29, 0.717) is 47.5 Å².